The van der Waals surface area contributed by atoms with Crippen LogP contribution in [0.3, 0.4) is 0 Å². The Morgan fingerprint density at radius 3 is 2.59 bits per heavy atom. The van der Waals surface area contributed by atoms with Crippen LogP contribution in [0.2, 0.25) is 5.02 Å². The molecule has 0 aliphatic heterocycles. The summed E-state index contributed by atoms with van der Waals surface area (Å²) in [6, 6.07) is 16.3. The molecule has 0 bridgehead atoms. The highest BCUT2D eigenvalue weighted by atomic mass is 35.5. The lowest BCUT2D eigenvalue weighted by molar-refractivity contribution is -0.148. The summed E-state index contributed by atoms with van der Waals surface area (Å²) in [5.74, 6) is 0.596. The largest absolute Gasteiger partial charge is 0.467 e. The van der Waals surface area contributed by atoms with Crippen LogP contribution in [-0.4, -0.2) is 30.3 Å². The Morgan fingerprint density at radius 1 is 1.19 bits per heavy atom. The number of aliphatic hydroxyl groups is 1. The van der Waals surface area contributed by atoms with Crippen LogP contribution in [0.15, 0.2) is 48.5 Å². The normalized spacial score (nSPS) is 27.7. The number of ether oxygens (including phenoxy) is 1. The molecule has 1 spiro atoms. The number of hydrogen-bond donors (Lipinski definition) is 2. The van der Waals surface area contributed by atoms with Gasteiger partial charge in [-0.3, -0.25) is 0 Å². The number of benzene rings is 2. The Kier molecular flexibility index (Phi) is 6.83. The highest BCUT2D eigenvalue weighted by molar-refractivity contribution is 6.30. The highest BCUT2D eigenvalue weighted by Gasteiger charge is 2.54. The standard InChI is InChI=1S/C27H34ClNO3/c1-3-19(18-30)15-21-16-20-7-4-5-10-24(20)26(21)11-13-27(14-12-26,25(31)32-2)29-23-9-6-8-22(28)17-23/h4-10,17,19,21,29-30H,3,11-16,18H2,1-2H3/t19-,21?,26?,27?/m0/s1. The van der Waals surface area contributed by atoms with Crippen LogP contribution in [0.25, 0.3) is 0 Å². The Bertz CT molecular complexity index is 947. The van der Waals surface area contributed by atoms with Crippen LogP contribution in [-0.2, 0) is 21.4 Å². The van der Waals surface area contributed by atoms with Gasteiger partial charge >= 0.3 is 5.97 Å². The molecule has 2 aliphatic carbocycles. The van der Waals surface area contributed by atoms with Gasteiger partial charge in [-0.15, -0.1) is 0 Å². The minimum atomic E-state index is -0.756. The molecule has 172 valence electrons. The number of rotatable bonds is 7. The number of halogens is 1. The molecular formula is C27H34ClNO3. The molecule has 1 fully saturated rings. The van der Waals surface area contributed by atoms with Crippen molar-refractivity contribution in [3.05, 3.63) is 64.7 Å². The summed E-state index contributed by atoms with van der Waals surface area (Å²) in [7, 11) is 1.47. The van der Waals surface area contributed by atoms with Crippen LogP contribution in [0.5, 0.6) is 0 Å². The zero-order valence-electron chi connectivity index (χ0n) is 19.1. The lowest BCUT2D eigenvalue weighted by Crippen LogP contribution is -2.53. The van der Waals surface area contributed by atoms with Gasteiger partial charge in [0.25, 0.3) is 0 Å². The molecule has 4 nitrogen and oxygen atoms in total. The average molecular weight is 456 g/mol. The van der Waals surface area contributed by atoms with E-state index in [0.717, 1.165) is 37.8 Å². The second kappa shape index (κ2) is 9.44. The molecule has 2 aromatic rings. The zero-order valence-corrected chi connectivity index (χ0v) is 19.8. The molecule has 0 amide bonds. The summed E-state index contributed by atoms with van der Waals surface area (Å²) in [5.41, 5.74) is 3.01. The van der Waals surface area contributed by atoms with Crippen molar-refractivity contribution < 1.29 is 14.6 Å². The van der Waals surface area contributed by atoms with Gasteiger partial charge in [-0.25, -0.2) is 4.79 Å². The van der Waals surface area contributed by atoms with Crippen LogP contribution in [0, 0.1) is 11.8 Å². The third kappa shape index (κ3) is 4.15. The van der Waals surface area contributed by atoms with E-state index in [0.29, 0.717) is 29.7 Å². The van der Waals surface area contributed by atoms with E-state index in [4.69, 9.17) is 16.3 Å². The summed E-state index contributed by atoms with van der Waals surface area (Å²) in [6.45, 7) is 2.40. The minimum absolute atomic E-state index is 0.0483. The predicted molar refractivity (Wildman–Crippen MR) is 129 cm³/mol. The molecule has 2 aromatic carbocycles. The van der Waals surface area contributed by atoms with Gasteiger partial charge in [0.15, 0.2) is 0 Å². The first kappa shape index (κ1) is 23.1. The van der Waals surface area contributed by atoms with E-state index in [2.05, 4.69) is 36.5 Å². The molecule has 2 atom stereocenters. The fraction of sp³-hybridized carbons (Fsp3) is 0.519. The van der Waals surface area contributed by atoms with E-state index in [1.165, 1.54) is 18.2 Å². The second-order valence-electron chi connectivity index (χ2n) is 9.62. The van der Waals surface area contributed by atoms with Gasteiger partial charge in [0.1, 0.15) is 5.54 Å². The fourth-order valence-electron chi connectivity index (χ4n) is 6.16. The summed E-state index contributed by atoms with van der Waals surface area (Å²) < 4.78 is 5.27. The number of carbonyl (C=O) groups excluding carboxylic acids is 1. The summed E-state index contributed by atoms with van der Waals surface area (Å²) in [4.78, 5) is 13.0. The molecule has 0 saturated heterocycles. The molecule has 1 saturated carbocycles. The maximum atomic E-state index is 13.0. The van der Waals surface area contributed by atoms with E-state index in [9.17, 15) is 9.90 Å². The van der Waals surface area contributed by atoms with Crippen molar-refractivity contribution in [2.45, 2.75) is 62.8 Å². The van der Waals surface area contributed by atoms with Crippen LogP contribution in [0.1, 0.15) is 56.6 Å². The van der Waals surface area contributed by atoms with Crippen molar-refractivity contribution in [2.75, 3.05) is 19.0 Å². The molecule has 5 heteroatoms. The molecule has 2 aliphatic rings. The summed E-state index contributed by atoms with van der Waals surface area (Å²) in [6.07, 6.45) is 6.30. The number of carbonyl (C=O) groups is 1. The Hall–Kier alpha value is -2.04. The SMILES string of the molecule is CC[C@H](CO)CC1Cc2ccccc2C12CCC(Nc1cccc(Cl)c1)(C(=O)OC)CC2. The number of anilines is 1. The first-order valence-electron chi connectivity index (χ1n) is 11.8. The quantitative estimate of drug-likeness (QED) is 0.521. The topological polar surface area (TPSA) is 58.6 Å². The van der Waals surface area contributed by atoms with Crippen molar-refractivity contribution in [2.24, 2.45) is 11.8 Å². The molecular weight excluding hydrogens is 422 g/mol. The highest BCUT2D eigenvalue weighted by Crippen LogP contribution is 2.56. The Morgan fingerprint density at radius 2 is 1.94 bits per heavy atom. The molecule has 0 heterocycles. The lowest BCUT2D eigenvalue weighted by atomic mass is 9.59. The van der Waals surface area contributed by atoms with Crippen molar-refractivity contribution in [1.29, 1.82) is 0 Å². The maximum absolute atomic E-state index is 13.0. The molecule has 4 rings (SSSR count). The molecule has 0 radical (unpaired) electrons. The van der Waals surface area contributed by atoms with Gasteiger partial charge in [0.05, 0.1) is 7.11 Å². The summed E-state index contributed by atoms with van der Waals surface area (Å²) in [5, 5.41) is 14.0. The number of nitrogens with one attached hydrogen (secondary N) is 1. The van der Waals surface area contributed by atoms with Crippen LogP contribution >= 0.6 is 11.6 Å². The molecule has 32 heavy (non-hydrogen) atoms. The van der Waals surface area contributed by atoms with Gasteiger partial charge in [-0.05, 0) is 85.1 Å². The minimum Gasteiger partial charge on any atom is -0.467 e. The van der Waals surface area contributed by atoms with E-state index in [1.807, 2.05) is 24.3 Å². The van der Waals surface area contributed by atoms with Crippen LogP contribution < -0.4 is 5.32 Å². The third-order valence-corrected chi connectivity index (χ3v) is 8.27. The van der Waals surface area contributed by atoms with E-state index < -0.39 is 5.54 Å². The Balaban J connectivity index is 1.64. The third-order valence-electron chi connectivity index (χ3n) is 8.04. The monoisotopic (exact) mass is 455 g/mol. The van der Waals surface area contributed by atoms with E-state index >= 15 is 0 Å². The van der Waals surface area contributed by atoms with Crippen molar-refractivity contribution in [3.8, 4) is 0 Å². The smallest absolute Gasteiger partial charge is 0.331 e. The lowest BCUT2D eigenvalue weighted by Gasteiger charge is -2.48. The molecule has 2 N–H and O–H groups in total. The Labute approximate surface area is 196 Å². The van der Waals surface area contributed by atoms with Crippen LogP contribution in [0.4, 0.5) is 5.69 Å². The van der Waals surface area contributed by atoms with Gasteiger partial charge < -0.3 is 15.2 Å². The van der Waals surface area contributed by atoms with Gasteiger partial charge in [0, 0.05) is 17.3 Å². The number of methoxy groups -OCH3 is 1. The number of aliphatic hydroxyl groups excluding tert-OH is 1. The molecule has 1 unspecified atom stereocenters. The second-order valence-corrected chi connectivity index (χ2v) is 10.1. The fourth-order valence-corrected chi connectivity index (χ4v) is 6.36. The van der Waals surface area contributed by atoms with Gasteiger partial charge in [-0.1, -0.05) is 55.3 Å². The first-order chi connectivity index (χ1) is 15.5. The van der Waals surface area contributed by atoms with E-state index in [-0.39, 0.29) is 18.0 Å². The van der Waals surface area contributed by atoms with Crippen molar-refractivity contribution in [3.63, 3.8) is 0 Å². The maximum Gasteiger partial charge on any atom is 0.331 e. The predicted octanol–water partition coefficient (Wildman–Crippen LogP) is 5.76. The van der Waals surface area contributed by atoms with Gasteiger partial charge in [-0.2, -0.15) is 0 Å². The first-order valence-corrected chi connectivity index (χ1v) is 12.2. The summed E-state index contributed by atoms with van der Waals surface area (Å²) >= 11 is 6.19. The number of hydrogen-bond acceptors (Lipinski definition) is 4. The van der Waals surface area contributed by atoms with Crippen molar-refractivity contribution >= 4 is 23.3 Å². The van der Waals surface area contributed by atoms with Crippen molar-refractivity contribution in [1.82, 2.24) is 0 Å². The van der Waals surface area contributed by atoms with E-state index in [1.54, 1.807) is 0 Å². The zero-order chi connectivity index (χ0) is 22.8. The van der Waals surface area contributed by atoms with Gasteiger partial charge in [0.2, 0.25) is 0 Å². The molecule has 0 aromatic heterocycles. The number of fused-ring (bicyclic) bond motifs is 2. The number of esters is 1. The average Bonchev–Trinajstić information content (AvgIpc) is 3.11.